The summed E-state index contributed by atoms with van der Waals surface area (Å²) in [5.74, 6) is -1.90. The van der Waals surface area contributed by atoms with Crippen LogP contribution in [0.1, 0.15) is 6.92 Å². The molecule has 0 amide bonds. The molecule has 1 atom stereocenters. The number of rotatable bonds is 3. The number of esters is 1. The Hall–Kier alpha value is -1.65. The monoisotopic (exact) mass is 215 g/mol. The minimum Gasteiger partial charge on any atom is -0.467 e. The zero-order valence-electron chi connectivity index (χ0n) is 8.38. The van der Waals surface area contributed by atoms with Crippen LogP contribution in [0.25, 0.3) is 0 Å². The van der Waals surface area contributed by atoms with E-state index >= 15 is 0 Å². The van der Waals surface area contributed by atoms with Crippen molar-refractivity contribution in [1.82, 2.24) is 0 Å². The lowest BCUT2D eigenvalue weighted by Gasteiger charge is -2.12. The maximum absolute atomic E-state index is 12.8. The molecule has 1 aromatic carbocycles. The fraction of sp³-hybridized carbons (Fsp3) is 0.300. The molecule has 0 aliphatic carbocycles. The van der Waals surface area contributed by atoms with Crippen LogP contribution in [0.3, 0.4) is 0 Å². The fourth-order valence-corrected chi connectivity index (χ4v) is 1.12. The molecule has 0 aromatic heterocycles. The molecule has 5 heteroatoms. The van der Waals surface area contributed by atoms with Gasteiger partial charge in [0.25, 0.3) is 0 Å². The predicted molar refractivity (Wildman–Crippen MR) is 51.5 cm³/mol. The lowest BCUT2D eigenvalue weighted by Crippen LogP contribution is -2.27. The van der Waals surface area contributed by atoms with E-state index < -0.39 is 23.6 Å². The van der Waals surface area contributed by atoms with E-state index in [0.29, 0.717) is 0 Å². The molecular formula is C10H11F2NO2. The first-order valence-electron chi connectivity index (χ1n) is 4.33. The summed E-state index contributed by atoms with van der Waals surface area (Å²) in [6, 6.07) is 2.30. The molecule has 0 unspecified atom stereocenters. The average Bonchev–Trinajstić information content (AvgIpc) is 2.14. The van der Waals surface area contributed by atoms with Gasteiger partial charge in [-0.1, -0.05) is 0 Å². The summed E-state index contributed by atoms with van der Waals surface area (Å²) < 4.78 is 30.0. The molecule has 1 rings (SSSR count). The molecule has 0 fully saturated rings. The SMILES string of the molecule is COC(=O)[C@H](C)Nc1cc(F)cc(F)c1. The number of benzene rings is 1. The highest BCUT2D eigenvalue weighted by Crippen LogP contribution is 2.13. The summed E-state index contributed by atoms with van der Waals surface area (Å²) in [5.41, 5.74) is 0.199. The third-order valence-corrected chi connectivity index (χ3v) is 1.80. The Bertz CT molecular complexity index is 348. The molecule has 0 aliphatic rings. The molecule has 82 valence electrons. The van der Waals surface area contributed by atoms with Crippen molar-refractivity contribution >= 4 is 11.7 Å². The smallest absolute Gasteiger partial charge is 0.327 e. The second-order valence-corrected chi connectivity index (χ2v) is 3.05. The topological polar surface area (TPSA) is 38.3 Å². The van der Waals surface area contributed by atoms with Crippen LogP contribution < -0.4 is 5.32 Å². The van der Waals surface area contributed by atoms with Gasteiger partial charge in [0.15, 0.2) is 0 Å². The molecule has 1 aromatic rings. The van der Waals surface area contributed by atoms with Gasteiger partial charge in [-0.2, -0.15) is 0 Å². The van der Waals surface area contributed by atoms with Crippen molar-refractivity contribution in [2.24, 2.45) is 0 Å². The first kappa shape index (κ1) is 11.4. The Balaban J connectivity index is 2.76. The van der Waals surface area contributed by atoms with Crippen LogP contribution in [0.5, 0.6) is 0 Å². The maximum atomic E-state index is 12.8. The molecule has 0 heterocycles. The average molecular weight is 215 g/mol. The minimum atomic E-state index is -0.699. The van der Waals surface area contributed by atoms with Crippen LogP contribution in [0.15, 0.2) is 18.2 Å². The van der Waals surface area contributed by atoms with Gasteiger partial charge < -0.3 is 10.1 Å². The number of nitrogens with one attached hydrogen (secondary N) is 1. The van der Waals surface area contributed by atoms with E-state index in [4.69, 9.17) is 0 Å². The third kappa shape index (κ3) is 3.19. The summed E-state index contributed by atoms with van der Waals surface area (Å²) >= 11 is 0. The minimum absolute atomic E-state index is 0.199. The van der Waals surface area contributed by atoms with Crippen molar-refractivity contribution in [1.29, 1.82) is 0 Å². The van der Waals surface area contributed by atoms with Gasteiger partial charge in [0.1, 0.15) is 17.7 Å². The number of carbonyl (C=O) groups excluding carboxylic acids is 1. The molecular weight excluding hydrogens is 204 g/mol. The summed E-state index contributed by atoms with van der Waals surface area (Å²) in [6.07, 6.45) is 0. The van der Waals surface area contributed by atoms with E-state index in [-0.39, 0.29) is 5.69 Å². The van der Waals surface area contributed by atoms with Crippen molar-refractivity contribution in [2.45, 2.75) is 13.0 Å². The van der Waals surface area contributed by atoms with Crippen LogP contribution in [-0.4, -0.2) is 19.1 Å². The highest BCUT2D eigenvalue weighted by atomic mass is 19.1. The molecule has 0 saturated carbocycles. The second-order valence-electron chi connectivity index (χ2n) is 3.05. The number of methoxy groups -OCH3 is 1. The highest BCUT2D eigenvalue weighted by Gasteiger charge is 2.13. The van der Waals surface area contributed by atoms with Crippen molar-refractivity contribution in [3.63, 3.8) is 0 Å². The molecule has 0 radical (unpaired) electrons. The van der Waals surface area contributed by atoms with Gasteiger partial charge in [-0.25, -0.2) is 13.6 Å². The Morgan fingerprint density at radius 3 is 2.33 bits per heavy atom. The summed E-state index contributed by atoms with van der Waals surface area (Å²) in [7, 11) is 1.24. The first-order valence-corrected chi connectivity index (χ1v) is 4.33. The van der Waals surface area contributed by atoms with Crippen LogP contribution in [0.2, 0.25) is 0 Å². The zero-order chi connectivity index (χ0) is 11.4. The van der Waals surface area contributed by atoms with E-state index in [1.807, 2.05) is 0 Å². The number of hydrogen-bond donors (Lipinski definition) is 1. The Labute approximate surface area is 86.0 Å². The quantitative estimate of drug-likeness (QED) is 0.783. The van der Waals surface area contributed by atoms with Gasteiger partial charge in [-0.15, -0.1) is 0 Å². The van der Waals surface area contributed by atoms with Crippen LogP contribution in [0, 0.1) is 11.6 Å². The molecule has 0 saturated heterocycles. The van der Waals surface area contributed by atoms with Crippen molar-refractivity contribution in [3.8, 4) is 0 Å². The molecule has 1 N–H and O–H groups in total. The number of ether oxygens (including phenoxy) is 1. The van der Waals surface area contributed by atoms with Crippen molar-refractivity contribution < 1.29 is 18.3 Å². The highest BCUT2D eigenvalue weighted by molar-refractivity contribution is 5.78. The van der Waals surface area contributed by atoms with Gasteiger partial charge in [0, 0.05) is 11.8 Å². The van der Waals surface area contributed by atoms with Crippen LogP contribution >= 0.6 is 0 Å². The van der Waals surface area contributed by atoms with Gasteiger partial charge >= 0.3 is 5.97 Å². The Kier molecular flexibility index (Phi) is 3.60. The molecule has 15 heavy (non-hydrogen) atoms. The van der Waals surface area contributed by atoms with E-state index in [1.54, 1.807) is 0 Å². The summed E-state index contributed by atoms with van der Waals surface area (Å²) in [5, 5.41) is 2.62. The van der Waals surface area contributed by atoms with E-state index in [1.165, 1.54) is 14.0 Å². The van der Waals surface area contributed by atoms with Gasteiger partial charge in [-0.3, -0.25) is 0 Å². The predicted octanol–water partition coefficient (Wildman–Crippen LogP) is 1.94. The second kappa shape index (κ2) is 4.72. The summed E-state index contributed by atoms with van der Waals surface area (Å²) in [4.78, 5) is 11.0. The molecule has 0 spiro atoms. The molecule has 0 bridgehead atoms. The number of carbonyl (C=O) groups is 1. The molecule has 0 aliphatic heterocycles. The fourth-order valence-electron chi connectivity index (χ4n) is 1.12. The Morgan fingerprint density at radius 1 is 1.33 bits per heavy atom. The van der Waals surface area contributed by atoms with Crippen LogP contribution in [0.4, 0.5) is 14.5 Å². The standard InChI is InChI=1S/C10H11F2NO2/c1-6(10(14)15-2)13-9-4-7(11)3-8(12)5-9/h3-6,13H,1-2H3/t6-/m0/s1. The normalized spacial score (nSPS) is 12.0. The van der Waals surface area contributed by atoms with Crippen LogP contribution in [-0.2, 0) is 9.53 Å². The zero-order valence-corrected chi connectivity index (χ0v) is 8.38. The summed E-state index contributed by atoms with van der Waals surface area (Å²) in [6.45, 7) is 1.54. The van der Waals surface area contributed by atoms with Crippen molar-refractivity contribution in [2.75, 3.05) is 12.4 Å². The lowest BCUT2D eigenvalue weighted by atomic mass is 10.2. The van der Waals surface area contributed by atoms with Gasteiger partial charge in [-0.05, 0) is 19.1 Å². The largest absolute Gasteiger partial charge is 0.467 e. The number of anilines is 1. The van der Waals surface area contributed by atoms with E-state index in [9.17, 15) is 13.6 Å². The number of halogens is 2. The van der Waals surface area contributed by atoms with Gasteiger partial charge in [0.05, 0.1) is 7.11 Å². The third-order valence-electron chi connectivity index (χ3n) is 1.80. The van der Waals surface area contributed by atoms with E-state index in [2.05, 4.69) is 10.1 Å². The molecule has 3 nitrogen and oxygen atoms in total. The Morgan fingerprint density at radius 2 is 1.87 bits per heavy atom. The van der Waals surface area contributed by atoms with Crippen molar-refractivity contribution in [3.05, 3.63) is 29.8 Å². The lowest BCUT2D eigenvalue weighted by molar-refractivity contribution is -0.141. The van der Waals surface area contributed by atoms with E-state index in [0.717, 1.165) is 18.2 Å². The van der Waals surface area contributed by atoms with Gasteiger partial charge in [0.2, 0.25) is 0 Å². The first-order chi connectivity index (χ1) is 7.02. The number of hydrogen-bond acceptors (Lipinski definition) is 3. The maximum Gasteiger partial charge on any atom is 0.327 e.